The number of benzene rings is 2. The molecule has 5 heteroatoms. The van der Waals surface area contributed by atoms with Crippen molar-refractivity contribution in [1.29, 1.82) is 0 Å². The highest BCUT2D eigenvalue weighted by Crippen LogP contribution is 2.43. The third-order valence-corrected chi connectivity index (χ3v) is 5.91. The molecular formula is C24H31N3O2. The minimum Gasteiger partial charge on any atom is -0.341 e. The molecule has 1 saturated heterocycles. The Kier molecular flexibility index (Phi) is 6.26. The number of hydrogen-bond donors (Lipinski definition) is 1. The first-order valence-electron chi connectivity index (χ1n) is 10.3. The van der Waals surface area contributed by atoms with Gasteiger partial charge in [0.1, 0.15) is 6.17 Å². The smallest absolute Gasteiger partial charge is 0.319 e. The molecule has 5 nitrogen and oxygen atoms in total. The summed E-state index contributed by atoms with van der Waals surface area (Å²) in [5, 5.41) is 2.78. The van der Waals surface area contributed by atoms with Crippen molar-refractivity contribution in [3.05, 3.63) is 71.3 Å². The highest BCUT2D eigenvalue weighted by molar-refractivity contribution is 5.95. The minimum absolute atomic E-state index is 0.0325. The molecule has 3 amide bonds. The van der Waals surface area contributed by atoms with Crippen LogP contribution in [-0.4, -0.2) is 42.0 Å². The van der Waals surface area contributed by atoms with E-state index in [4.69, 9.17) is 0 Å². The summed E-state index contributed by atoms with van der Waals surface area (Å²) in [5.74, 6) is -0.0325. The summed E-state index contributed by atoms with van der Waals surface area (Å²) in [7, 11) is 3.45. The van der Waals surface area contributed by atoms with Crippen molar-refractivity contribution in [2.45, 2.75) is 51.2 Å². The summed E-state index contributed by atoms with van der Waals surface area (Å²) >= 11 is 0. The van der Waals surface area contributed by atoms with E-state index in [1.807, 2.05) is 68.6 Å². The number of hydrogen-bond acceptors (Lipinski definition) is 2. The number of nitrogens with one attached hydrogen (secondary N) is 1. The quantitative estimate of drug-likeness (QED) is 0.805. The second-order valence-electron chi connectivity index (χ2n) is 7.85. The monoisotopic (exact) mass is 393 g/mol. The third kappa shape index (κ3) is 3.74. The maximum atomic E-state index is 13.8. The Hall–Kier alpha value is -2.82. The molecule has 0 spiro atoms. The Balaban J connectivity index is 2.20. The highest BCUT2D eigenvalue weighted by Gasteiger charge is 2.58. The van der Waals surface area contributed by atoms with E-state index in [0.29, 0.717) is 6.42 Å². The number of likely N-dealkylation sites (N-methyl/N-ethyl adjacent to an activating group) is 1. The topological polar surface area (TPSA) is 52.7 Å². The Morgan fingerprint density at radius 3 is 2.34 bits per heavy atom. The lowest BCUT2D eigenvalue weighted by atomic mass is 9.82. The standard InChI is InChI=1S/C24H31N3O2/c1-5-6-12-21-26(4)22(28)24(27(21)23(29)25-3,17-19-10-8-7-9-11-19)20-15-13-18(2)14-16-20/h7-11,13-16,21H,5-6,12,17H2,1-4H3,(H,25,29). The maximum Gasteiger partial charge on any atom is 0.319 e. The first-order valence-corrected chi connectivity index (χ1v) is 10.3. The van der Waals surface area contributed by atoms with Gasteiger partial charge in [0, 0.05) is 20.5 Å². The molecule has 1 aliphatic rings. The van der Waals surface area contributed by atoms with Gasteiger partial charge in [0.2, 0.25) is 0 Å². The molecule has 1 fully saturated rings. The zero-order chi connectivity index (χ0) is 21.0. The molecule has 29 heavy (non-hydrogen) atoms. The van der Waals surface area contributed by atoms with Crippen LogP contribution in [0.2, 0.25) is 0 Å². The molecule has 0 aliphatic carbocycles. The van der Waals surface area contributed by atoms with Crippen molar-refractivity contribution in [3.63, 3.8) is 0 Å². The molecule has 0 bridgehead atoms. The molecule has 0 radical (unpaired) electrons. The van der Waals surface area contributed by atoms with Gasteiger partial charge in [-0.1, -0.05) is 73.5 Å². The van der Waals surface area contributed by atoms with E-state index in [-0.39, 0.29) is 18.1 Å². The SMILES string of the molecule is CCCCC1N(C)C(=O)C(Cc2ccccc2)(c2ccc(C)cc2)N1C(=O)NC. The number of amides is 3. The van der Waals surface area contributed by atoms with Crippen molar-refractivity contribution < 1.29 is 9.59 Å². The molecule has 3 rings (SSSR count). The van der Waals surface area contributed by atoms with E-state index in [0.717, 1.165) is 36.0 Å². The van der Waals surface area contributed by atoms with Gasteiger partial charge in [0.15, 0.2) is 5.54 Å². The molecule has 0 saturated carbocycles. The van der Waals surface area contributed by atoms with Crippen LogP contribution >= 0.6 is 0 Å². The zero-order valence-electron chi connectivity index (χ0n) is 17.8. The van der Waals surface area contributed by atoms with Crippen LogP contribution in [0.4, 0.5) is 4.79 Å². The molecule has 2 unspecified atom stereocenters. The molecule has 1 aliphatic heterocycles. The average molecular weight is 394 g/mol. The van der Waals surface area contributed by atoms with E-state index >= 15 is 0 Å². The van der Waals surface area contributed by atoms with Gasteiger partial charge in [-0.15, -0.1) is 0 Å². The van der Waals surface area contributed by atoms with Gasteiger partial charge in [-0.25, -0.2) is 4.79 Å². The molecule has 0 aromatic heterocycles. The molecule has 2 atom stereocenters. The fraction of sp³-hybridized carbons (Fsp3) is 0.417. The second kappa shape index (κ2) is 8.68. The van der Waals surface area contributed by atoms with Crippen LogP contribution in [0.15, 0.2) is 54.6 Å². The van der Waals surface area contributed by atoms with Gasteiger partial charge < -0.3 is 10.2 Å². The summed E-state index contributed by atoms with van der Waals surface area (Å²) in [6, 6.07) is 17.7. The number of unbranched alkanes of at least 4 members (excludes halogenated alkanes) is 1. The van der Waals surface area contributed by atoms with Crippen LogP contribution in [0, 0.1) is 6.92 Å². The van der Waals surface area contributed by atoms with Crippen LogP contribution in [-0.2, 0) is 16.8 Å². The molecule has 154 valence electrons. The Bertz CT molecular complexity index is 850. The minimum atomic E-state index is -1.07. The van der Waals surface area contributed by atoms with E-state index in [1.165, 1.54) is 0 Å². The Morgan fingerprint density at radius 1 is 1.10 bits per heavy atom. The van der Waals surface area contributed by atoms with Crippen LogP contribution in [0.3, 0.4) is 0 Å². The largest absolute Gasteiger partial charge is 0.341 e. The van der Waals surface area contributed by atoms with E-state index in [1.54, 1.807) is 16.8 Å². The Labute approximate surface area is 173 Å². The van der Waals surface area contributed by atoms with Gasteiger partial charge in [-0.05, 0) is 30.9 Å². The summed E-state index contributed by atoms with van der Waals surface area (Å²) in [6.07, 6.45) is 2.89. The van der Waals surface area contributed by atoms with E-state index in [9.17, 15) is 9.59 Å². The lowest BCUT2D eigenvalue weighted by molar-refractivity contribution is -0.133. The maximum absolute atomic E-state index is 13.8. The van der Waals surface area contributed by atoms with Gasteiger partial charge in [-0.2, -0.15) is 0 Å². The first kappa shape index (κ1) is 20.9. The van der Waals surface area contributed by atoms with E-state index < -0.39 is 5.54 Å². The molecule has 1 heterocycles. The molecule has 2 aromatic carbocycles. The van der Waals surface area contributed by atoms with Crippen molar-refractivity contribution in [1.82, 2.24) is 15.1 Å². The van der Waals surface area contributed by atoms with Crippen LogP contribution in [0.5, 0.6) is 0 Å². The molecular weight excluding hydrogens is 362 g/mol. The average Bonchev–Trinajstić information content (AvgIpc) is 2.95. The van der Waals surface area contributed by atoms with Gasteiger partial charge in [0.25, 0.3) is 5.91 Å². The number of rotatable bonds is 6. The fourth-order valence-electron chi connectivity index (χ4n) is 4.34. The molecule has 1 N–H and O–H groups in total. The first-order chi connectivity index (χ1) is 14.0. The summed E-state index contributed by atoms with van der Waals surface area (Å²) in [6.45, 7) is 4.15. The number of nitrogens with zero attached hydrogens (tertiary/aromatic N) is 2. The number of urea groups is 1. The number of carbonyl (C=O) groups excluding carboxylic acids is 2. The van der Waals surface area contributed by atoms with Gasteiger partial charge in [-0.3, -0.25) is 9.69 Å². The van der Waals surface area contributed by atoms with Crippen LogP contribution < -0.4 is 5.32 Å². The second-order valence-corrected chi connectivity index (χ2v) is 7.85. The Morgan fingerprint density at radius 2 is 1.76 bits per heavy atom. The van der Waals surface area contributed by atoms with Crippen molar-refractivity contribution in [2.75, 3.05) is 14.1 Å². The summed E-state index contributed by atoms with van der Waals surface area (Å²) < 4.78 is 0. The fourth-order valence-corrected chi connectivity index (χ4v) is 4.34. The van der Waals surface area contributed by atoms with Crippen molar-refractivity contribution in [2.24, 2.45) is 0 Å². The van der Waals surface area contributed by atoms with Crippen LogP contribution in [0.1, 0.15) is 42.9 Å². The number of carbonyl (C=O) groups is 2. The van der Waals surface area contributed by atoms with Crippen molar-refractivity contribution >= 4 is 11.9 Å². The number of aryl methyl sites for hydroxylation is 1. The summed E-state index contributed by atoms with van der Waals surface area (Å²) in [5.41, 5.74) is 1.94. The lowest BCUT2D eigenvalue weighted by Gasteiger charge is -2.38. The zero-order valence-corrected chi connectivity index (χ0v) is 17.8. The predicted molar refractivity (Wildman–Crippen MR) is 115 cm³/mol. The molecule has 2 aromatic rings. The third-order valence-electron chi connectivity index (χ3n) is 5.91. The summed E-state index contributed by atoms with van der Waals surface area (Å²) in [4.78, 5) is 30.5. The normalized spacial score (nSPS) is 21.5. The van der Waals surface area contributed by atoms with Gasteiger partial charge >= 0.3 is 6.03 Å². The predicted octanol–water partition coefficient (Wildman–Crippen LogP) is 4.06. The van der Waals surface area contributed by atoms with Gasteiger partial charge in [0.05, 0.1) is 0 Å². The lowest BCUT2D eigenvalue weighted by Crippen LogP contribution is -2.55. The highest BCUT2D eigenvalue weighted by atomic mass is 16.2. The van der Waals surface area contributed by atoms with Crippen LogP contribution in [0.25, 0.3) is 0 Å². The van der Waals surface area contributed by atoms with E-state index in [2.05, 4.69) is 12.2 Å². The van der Waals surface area contributed by atoms with Crippen molar-refractivity contribution in [3.8, 4) is 0 Å².